The molecule has 0 bridgehead atoms. The van der Waals surface area contributed by atoms with Crippen LogP contribution < -0.4 is 0 Å². The molecular weight excluding hydrogens is 440 g/mol. The second-order valence-electron chi connectivity index (χ2n) is 11.7. The molecule has 0 heterocycles. The van der Waals surface area contributed by atoms with E-state index in [0.29, 0.717) is 58.5 Å². The Balaban J connectivity index is 5.15. The van der Waals surface area contributed by atoms with Crippen LogP contribution in [-0.4, -0.2) is 109 Å². The summed E-state index contributed by atoms with van der Waals surface area (Å²) in [6.07, 6.45) is -0.968. The number of carboxylic acid groups (broad SMARTS) is 3. The molecule has 0 saturated carbocycles. The number of amides is 3. The third-order valence-corrected chi connectivity index (χ3v) is 5.69. The molecule has 0 aliphatic heterocycles. The number of hydrogen-bond acceptors (Lipinski definition) is 4. The van der Waals surface area contributed by atoms with E-state index < -0.39 is 34.9 Å². The molecule has 0 aliphatic carbocycles. The molecule has 0 atom stereocenters. The van der Waals surface area contributed by atoms with Gasteiger partial charge in [-0.2, -0.15) is 0 Å². The van der Waals surface area contributed by atoms with Crippen LogP contribution in [-0.2, 0) is 0 Å². The van der Waals surface area contributed by atoms with Crippen molar-refractivity contribution < 1.29 is 29.7 Å². The summed E-state index contributed by atoms with van der Waals surface area (Å²) < 4.78 is 0. The summed E-state index contributed by atoms with van der Waals surface area (Å²) in [6, 6.07) is 0. The molecule has 0 aromatic rings. The fourth-order valence-electron chi connectivity index (χ4n) is 3.85. The average Bonchev–Trinajstić information content (AvgIpc) is 2.60. The highest BCUT2D eigenvalue weighted by Crippen LogP contribution is 2.17. The molecule has 10 heteroatoms. The molecule has 0 aromatic heterocycles. The van der Waals surface area contributed by atoms with Crippen molar-refractivity contribution in [3.05, 3.63) is 0 Å². The lowest BCUT2D eigenvalue weighted by Crippen LogP contribution is -2.47. The van der Waals surface area contributed by atoms with Crippen LogP contribution in [0.1, 0.15) is 81.6 Å². The molecule has 0 radical (unpaired) electrons. The summed E-state index contributed by atoms with van der Waals surface area (Å²) in [6.45, 7) is 19.8. The summed E-state index contributed by atoms with van der Waals surface area (Å²) in [5, 5.41) is 28.6. The van der Waals surface area contributed by atoms with Crippen molar-refractivity contribution in [3.8, 4) is 0 Å². The van der Waals surface area contributed by atoms with Gasteiger partial charge in [0.05, 0.1) is 0 Å². The molecule has 0 aromatic carbocycles. The quantitative estimate of drug-likeness (QED) is 0.360. The van der Waals surface area contributed by atoms with Gasteiger partial charge in [0.15, 0.2) is 0 Å². The van der Waals surface area contributed by atoms with Gasteiger partial charge in [0.25, 0.3) is 0 Å². The van der Waals surface area contributed by atoms with Gasteiger partial charge >= 0.3 is 18.3 Å². The van der Waals surface area contributed by atoms with Gasteiger partial charge in [-0.3, -0.25) is 0 Å². The van der Waals surface area contributed by atoms with Crippen LogP contribution >= 0.6 is 0 Å². The number of rotatable bonds is 12. The molecule has 3 N–H and O–H groups in total. The Morgan fingerprint density at radius 1 is 0.471 bits per heavy atom. The second kappa shape index (κ2) is 13.0. The van der Waals surface area contributed by atoms with E-state index in [-0.39, 0.29) is 0 Å². The molecule has 0 rings (SSSR count). The Labute approximate surface area is 205 Å². The first-order valence-corrected chi connectivity index (χ1v) is 12.0. The minimum Gasteiger partial charge on any atom is -0.465 e. The van der Waals surface area contributed by atoms with Gasteiger partial charge in [-0.05, 0) is 101 Å². The summed E-state index contributed by atoms with van der Waals surface area (Å²) in [5.74, 6) is 0. The number of nitrogens with zero attached hydrogens (tertiary/aromatic N) is 4. The predicted octanol–water partition coefficient (Wildman–Crippen LogP) is 4.79. The molecule has 0 fully saturated rings. The van der Waals surface area contributed by atoms with Gasteiger partial charge in [0.1, 0.15) is 0 Å². The zero-order valence-electron chi connectivity index (χ0n) is 22.7. The van der Waals surface area contributed by atoms with Gasteiger partial charge in [-0.15, -0.1) is 0 Å². The van der Waals surface area contributed by atoms with Crippen LogP contribution in [0.4, 0.5) is 14.4 Å². The predicted molar refractivity (Wildman–Crippen MR) is 134 cm³/mol. The van der Waals surface area contributed by atoms with Crippen molar-refractivity contribution in [2.24, 2.45) is 0 Å². The lowest BCUT2D eigenvalue weighted by Gasteiger charge is -2.35. The SMILES string of the molecule is CC(C)(C)N(CCCN(CCCN(C(=O)O)C(C)(C)C)CCCN(C(=O)O)C(C)(C)C)C(=O)O. The highest BCUT2D eigenvalue weighted by Gasteiger charge is 2.28. The van der Waals surface area contributed by atoms with Crippen molar-refractivity contribution in [3.63, 3.8) is 0 Å². The highest BCUT2D eigenvalue weighted by molar-refractivity contribution is 5.66. The number of carbonyl (C=O) groups is 3. The van der Waals surface area contributed by atoms with E-state index in [4.69, 9.17) is 0 Å². The van der Waals surface area contributed by atoms with Gasteiger partial charge in [0, 0.05) is 36.3 Å². The fraction of sp³-hybridized carbons (Fsp3) is 0.875. The fourth-order valence-corrected chi connectivity index (χ4v) is 3.85. The maximum absolute atomic E-state index is 11.6. The van der Waals surface area contributed by atoms with Gasteiger partial charge in [0.2, 0.25) is 0 Å². The minimum absolute atomic E-state index is 0.391. The second-order valence-corrected chi connectivity index (χ2v) is 11.7. The summed E-state index contributed by atoms with van der Waals surface area (Å²) in [4.78, 5) is 41.3. The smallest absolute Gasteiger partial charge is 0.407 e. The minimum atomic E-state index is -0.955. The van der Waals surface area contributed by atoms with Crippen LogP contribution in [0.5, 0.6) is 0 Å². The maximum atomic E-state index is 11.6. The topological polar surface area (TPSA) is 125 Å². The summed E-state index contributed by atoms with van der Waals surface area (Å²) in [7, 11) is 0. The van der Waals surface area contributed by atoms with E-state index in [9.17, 15) is 29.7 Å². The van der Waals surface area contributed by atoms with Crippen LogP contribution in [0, 0.1) is 0 Å². The van der Waals surface area contributed by atoms with Crippen molar-refractivity contribution in [1.29, 1.82) is 0 Å². The Kier molecular flexibility index (Phi) is 12.2. The first-order valence-electron chi connectivity index (χ1n) is 12.0. The molecule has 10 nitrogen and oxygen atoms in total. The van der Waals surface area contributed by atoms with E-state index in [2.05, 4.69) is 4.90 Å². The third kappa shape index (κ3) is 11.8. The van der Waals surface area contributed by atoms with E-state index in [0.717, 1.165) is 0 Å². The standard InChI is InChI=1S/C24H48N4O6/c1-22(2,3)26(19(29)30)16-10-13-25(14-11-17-27(20(31)32)23(4,5)6)15-12-18-28(21(33)34)24(7,8)9/h10-18H2,1-9H3,(H,29,30)(H,31,32)(H,33,34). The molecule has 3 amide bonds. The molecular formula is C24H48N4O6. The Bertz CT molecular complexity index is 574. The summed E-state index contributed by atoms with van der Waals surface area (Å²) >= 11 is 0. The maximum Gasteiger partial charge on any atom is 0.407 e. The first-order chi connectivity index (χ1) is 15.3. The van der Waals surface area contributed by atoms with Gasteiger partial charge in [-0.1, -0.05) is 0 Å². The number of hydrogen-bond donors (Lipinski definition) is 3. The molecule has 0 unspecified atom stereocenters. The molecule has 200 valence electrons. The van der Waals surface area contributed by atoms with Crippen LogP contribution in [0.25, 0.3) is 0 Å². The Hall–Kier alpha value is -2.23. The lowest BCUT2D eigenvalue weighted by atomic mass is 10.1. The third-order valence-electron chi connectivity index (χ3n) is 5.69. The van der Waals surface area contributed by atoms with Crippen LogP contribution in [0.3, 0.4) is 0 Å². The van der Waals surface area contributed by atoms with Gasteiger partial charge < -0.3 is 34.9 Å². The van der Waals surface area contributed by atoms with Crippen molar-refractivity contribution in [2.75, 3.05) is 39.3 Å². The van der Waals surface area contributed by atoms with Crippen molar-refractivity contribution in [2.45, 2.75) is 98.2 Å². The largest absolute Gasteiger partial charge is 0.465 e. The molecule has 34 heavy (non-hydrogen) atoms. The molecule has 0 aliphatic rings. The van der Waals surface area contributed by atoms with E-state index in [1.807, 2.05) is 62.3 Å². The van der Waals surface area contributed by atoms with E-state index >= 15 is 0 Å². The Morgan fingerprint density at radius 3 is 0.824 bits per heavy atom. The molecule has 0 spiro atoms. The zero-order valence-corrected chi connectivity index (χ0v) is 22.7. The van der Waals surface area contributed by atoms with E-state index in [1.54, 1.807) is 0 Å². The zero-order chi connectivity index (χ0) is 26.9. The molecule has 0 saturated heterocycles. The van der Waals surface area contributed by atoms with Crippen LogP contribution in [0.15, 0.2) is 0 Å². The summed E-state index contributed by atoms with van der Waals surface area (Å²) in [5.41, 5.74) is -1.50. The normalized spacial score (nSPS) is 12.5. The van der Waals surface area contributed by atoms with E-state index in [1.165, 1.54) is 14.7 Å². The van der Waals surface area contributed by atoms with Gasteiger partial charge in [-0.25, -0.2) is 14.4 Å². The average molecular weight is 489 g/mol. The monoisotopic (exact) mass is 488 g/mol. The lowest BCUT2D eigenvalue weighted by molar-refractivity contribution is 0.0904. The van der Waals surface area contributed by atoms with Crippen molar-refractivity contribution in [1.82, 2.24) is 19.6 Å². The van der Waals surface area contributed by atoms with Crippen LogP contribution in [0.2, 0.25) is 0 Å². The Morgan fingerprint density at radius 2 is 0.676 bits per heavy atom. The first kappa shape index (κ1) is 31.8. The van der Waals surface area contributed by atoms with Crippen molar-refractivity contribution >= 4 is 18.3 Å². The highest BCUT2D eigenvalue weighted by atomic mass is 16.4.